The molecule has 0 aromatic carbocycles. The molecule has 0 aliphatic rings. The molecule has 0 atom stereocenters. The first-order valence-corrected chi connectivity index (χ1v) is 5.99. The van der Waals surface area contributed by atoms with Gasteiger partial charge in [-0.1, -0.05) is 0 Å². The van der Waals surface area contributed by atoms with Crippen LogP contribution in [0, 0.1) is 6.92 Å². The third-order valence-corrected chi connectivity index (χ3v) is 2.52. The Morgan fingerprint density at radius 3 is 2.68 bits per heavy atom. The van der Waals surface area contributed by atoms with Gasteiger partial charge in [0.05, 0.1) is 11.4 Å². The molecule has 0 unspecified atom stereocenters. The molecule has 2 N–H and O–H groups in total. The van der Waals surface area contributed by atoms with E-state index in [0.29, 0.717) is 11.5 Å². The summed E-state index contributed by atoms with van der Waals surface area (Å²) in [5.74, 6) is 0.350. The summed E-state index contributed by atoms with van der Waals surface area (Å²) in [6.07, 6.45) is 1.74. The van der Waals surface area contributed by atoms with Gasteiger partial charge in [0.1, 0.15) is 5.82 Å². The summed E-state index contributed by atoms with van der Waals surface area (Å²) in [5.41, 5.74) is 1.70. The molecule has 0 spiro atoms. The second kappa shape index (κ2) is 5.47. The Morgan fingerprint density at radius 1 is 1.37 bits per heavy atom. The highest BCUT2D eigenvalue weighted by Gasteiger charge is 2.11. The fourth-order valence-corrected chi connectivity index (χ4v) is 1.64. The quantitative estimate of drug-likeness (QED) is 0.863. The van der Waals surface area contributed by atoms with Crippen LogP contribution in [-0.4, -0.2) is 32.4 Å². The average Bonchev–Trinajstić information content (AvgIpc) is 2.69. The highest BCUT2D eigenvalue weighted by Crippen LogP contribution is 2.12. The normalized spacial score (nSPS) is 10.3. The smallest absolute Gasteiger partial charge is 0.276 e. The van der Waals surface area contributed by atoms with Crippen LogP contribution in [0.4, 0.5) is 11.5 Å². The maximum atomic E-state index is 12.0. The summed E-state index contributed by atoms with van der Waals surface area (Å²) in [6.45, 7) is 4.55. The molecule has 0 fully saturated rings. The molecule has 2 aromatic rings. The minimum Gasteiger partial charge on any atom is -0.369 e. The van der Waals surface area contributed by atoms with Crippen LogP contribution in [0.25, 0.3) is 0 Å². The van der Waals surface area contributed by atoms with E-state index in [1.807, 2.05) is 13.8 Å². The van der Waals surface area contributed by atoms with Gasteiger partial charge in [0.15, 0.2) is 5.69 Å². The Labute approximate surface area is 111 Å². The van der Waals surface area contributed by atoms with Crippen molar-refractivity contribution in [3.63, 3.8) is 0 Å². The van der Waals surface area contributed by atoms with Gasteiger partial charge in [-0.15, -0.1) is 10.2 Å². The van der Waals surface area contributed by atoms with Crippen LogP contribution < -0.4 is 10.6 Å². The lowest BCUT2D eigenvalue weighted by atomic mass is 10.3. The second-order valence-corrected chi connectivity index (χ2v) is 4.09. The Morgan fingerprint density at radius 2 is 2.16 bits per heavy atom. The van der Waals surface area contributed by atoms with Crippen LogP contribution in [0.15, 0.2) is 18.3 Å². The molecule has 7 nitrogen and oxygen atoms in total. The number of amides is 1. The zero-order valence-electron chi connectivity index (χ0n) is 11.1. The van der Waals surface area contributed by atoms with Crippen molar-refractivity contribution < 1.29 is 4.79 Å². The standard InChI is InChI=1S/C12H16N6O/c1-4-13-11-6-5-9(15-16-11)12(19)14-10-7-18(3)17-8(10)2/h5-7H,4H2,1-3H3,(H,13,16)(H,14,19). The van der Waals surface area contributed by atoms with Crippen LogP contribution in [0.1, 0.15) is 23.1 Å². The van der Waals surface area contributed by atoms with Gasteiger partial charge in [0.25, 0.3) is 5.91 Å². The number of hydrogen-bond donors (Lipinski definition) is 2. The molecule has 19 heavy (non-hydrogen) atoms. The number of aryl methyl sites for hydroxylation is 2. The van der Waals surface area contributed by atoms with Crippen molar-refractivity contribution in [1.29, 1.82) is 0 Å². The summed E-state index contributed by atoms with van der Waals surface area (Å²) in [4.78, 5) is 12.0. The molecule has 0 aliphatic carbocycles. The van der Waals surface area contributed by atoms with E-state index in [9.17, 15) is 4.79 Å². The first-order chi connectivity index (χ1) is 9.10. The average molecular weight is 260 g/mol. The van der Waals surface area contributed by atoms with E-state index in [1.165, 1.54) is 0 Å². The highest BCUT2D eigenvalue weighted by molar-refractivity contribution is 6.03. The number of hydrogen-bond acceptors (Lipinski definition) is 5. The van der Waals surface area contributed by atoms with Crippen LogP contribution in [0.5, 0.6) is 0 Å². The van der Waals surface area contributed by atoms with E-state index in [1.54, 1.807) is 30.1 Å². The predicted octanol–water partition coefficient (Wildman–Crippen LogP) is 1.20. The first kappa shape index (κ1) is 13.0. The number of nitrogens with one attached hydrogen (secondary N) is 2. The molecule has 0 saturated carbocycles. The third kappa shape index (κ3) is 3.06. The van der Waals surface area contributed by atoms with Crippen LogP contribution in [0.2, 0.25) is 0 Å². The molecule has 1 amide bonds. The number of carbonyl (C=O) groups is 1. The molecule has 2 rings (SSSR count). The monoisotopic (exact) mass is 260 g/mol. The molecule has 0 aliphatic heterocycles. The van der Waals surface area contributed by atoms with E-state index in [0.717, 1.165) is 12.2 Å². The predicted molar refractivity (Wildman–Crippen MR) is 72.1 cm³/mol. The maximum Gasteiger partial charge on any atom is 0.276 e. The van der Waals surface area contributed by atoms with Gasteiger partial charge in [-0.25, -0.2) is 0 Å². The summed E-state index contributed by atoms with van der Waals surface area (Å²) in [7, 11) is 1.80. The minimum absolute atomic E-state index is 0.268. The van der Waals surface area contributed by atoms with Crippen molar-refractivity contribution in [3.05, 3.63) is 29.7 Å². The Hall–Kier alpha value is -2.44. The largest absolute Gasteiger partial charge is 0.369 e. The van der Waals surface area contributed by atoms with Gasteiger partial charge in [0, 0.05) is 19.8 Å². The zero-order chi connectivity index (χ0) is 13.8. The fraction of sp³-hybridized carbons (Fsp3) is 0.333. The van der Waals surface area contributed by atoms with Gasteiger partial charge < -0.3 is 10.6 Å². The Bertz CT molecular complexity index is 574. The Balaban J connectivity index is 2.09. The van der Waals surface area contributed by atoms with Crippen LogP contribution >= 0.6 is 0 Å². The van der Waals surface area contributed by atoms with Crippen molar-refractivity contribution in [2.75, 3.05) is 17.2 Å². The van der Waals surface area contributed by atoms with Crippen LogP contribution in [0.3, 0.4) is 0 Å². The van der Waals surface area contributed by atoms with Crippen molar-refractivity contribution in [1.82, 2.24) is 20.0 Å². The molecule has 0 saturated heterocycles. The summed E-state index contributed by atoms with van der Waals surface area (Å²) < 4.78 is 1.64. The van der Waals surface area contributed by atoms with Gasteiger partial charge in [-0.3, -0.25) is 9.48 Å². The lowest BCUT2D eigenvalue weighted by Gasteiger charge is -2.04. The van der Waals surface area contributed by atoms with E-state index in [-0.39, 0.29) is 11.6 Å². The van der Waals surface area contributed by atoms with E-state index >= 15 is 0 Å². The molecule has 100 valence electrons. The first-order valence-electron chi connectivity index (χ1n) is 5.99. The topological polar surface area (TPSA) is 84.7 Å². The lowest BCUT2D eigenvalue weighted by Crippen LogP contribution is -2.15. The molecular weight excluding hydrogens is 244 g/mol. The van der Waals surface area contributed by atoms with E-state index in [4.69, 9.17) is 0 Å². The van der Waals surface area contributed by atoms with Crippen molar-refractivity contribution >= 4 is 17.4 Å². The molecular formula is C12H16N6O. The number of rotatable bonds is 4. The molecule has 2 aromatic heterocycles. The fourth-order valence-electron chi connectivity index (χ4n) is 1.64. The molecule has 2 heterocycles. The molecule has 0 bridgehead atoms. The van der Waals surface area contributed by atoms with Gasteiger partial charge in [-0.05, 0) is 26.0 Å². The number of nitrogens with zero attached hydrogens (tertiary/aromatic N) is 4. The van der Waals surface area contributed by atoms with E-state index in [2.05, 4.69) is 25.9 Å². The SMILES string of the molecule is CCNc1ccc(C(=O)Nc2cn(C)nc2C)nn1. The Kier molecular flexibility index (Phi) is 3.74. The minimum atomic E-state index is -0.299. The van der Waals surface area contributed by atoms with Gasteiger partial charge in [-0.2, -0.15) is 5.10 Å². The number of aromatic nitrogens is 4. The number of anilines is 2. The lowest BCUT2D eigenvalue weighted by molar-refractivity contribution is 0.102. The van der Waals surface area contributed by atoms with Crippen molar-refractivity contribution in [2.45, 2.75) is 13.8 Å². The molecule has 7 heteroatoms. The number of carbonyl (C=O) groups excluding carboxylic acids is 1. The van der Waals surface area contributed by atoms with E-state index < -0.39 is 0 Å². The van der Waals surface area contributed by atoms with Crippen molar-refractivity contribution in [2.24, 2.45) is 7.05 Å². The summed E-state index contributed by atoms with van der Waals surface area (Å²) in [5, 5.41) is 17.7. The maximum absolute atomic E-state index is 12.0. The molecule has 0 radical (unpaired) electrons. The van der Waals surface area contributed by atoms with Crippen LogP contribution in [-0.2, 0) is 7.05 Å². The zero-order valence-corrected chi connectivity index (χ0v) is 11.1. The van der Waals surface area contributed by atoms with Gasteiger partial charge >= 0.3 is 0 Å². The third-order valence-electron chi connectivity index (χ3n) is 2.52. The highest BCUT2D eigenvalue weighted by atomic mass is 16.1. The van der Waals surface area contributed by atoms with Crippen molar-refractivity contribution in [3.8, 4) is 0 Å². The summed E-state index contributed by atoms with van der Waals surface area (Å²) in [6, 6.07) is 3.35. The second-order valence-electron chi connectivity index (χ2n) is 4.09. The van der Waals surface area contributed by atoms with Gasteiger partial charge in [0.2, 0.25) is 0 Å². The summed E-state index contributed by atoms with van der Waals surface area (Å²) >= 11 is 0.